The number of rotatable bonds is 1. The molecule has 1 aromatic heterocycles. The quantitative estimate of drug-likeness (QED) is 0.607. The molecule has 1 heterocycles. The van der Waals surface area contributed by atoms with Crippen molar-refractivity contribution in [2.45, 2.75) is 52.4 Å². The number of hydrogen-bond donors (Lipinski definition) is 1. The van der Waals surface area contributed by atoms with Gasteiger partial charge in [-0.2, -0.15) is 0 Å². The van der Waals surface area contributed by atoms with E-state index in [9.17, 15) is 9.90 Å². The number of phenols is 1. The van der Waals surface area contributed by atoms with Crippen LogP contribution in [0.4, 0.5) is 0 Å². The molecule has 0 atom stereocenters. The Labute approximate surface area is 154 Å². The first-order chi connectivity index (χ1) is 12.0. The maximum absolute atomic E-state index is 13.6. The van der Waals surface area contributed by atoms with Crippen LogP contribution in [0.3, 0.4) is 0 Å². The molecule has 0 amide bonds. The van der Waals surface area contributed by atoms with Crippen LogP contribution in [0.1, 0.15) is 52.7 Å². The zero-order chi connectivity index (χ0) is 19.3. The number of hydrogen-bond acceptors (Lipinski definition) is 3. The van der Waals surface area contributed by atoms with Gasteiger partial charge in [0.15, 0.2) is 5.43 Å². The Morgan fingerprint density at radius 2 is 1.46 bits per heavy atom. The monoisotopic (exact) mass is 350 g/mol. The maximum atomic E-state index is 13.6. The van der Waals surface area contributed by atoms with Gasteiger partial charge in [-0.25, -0.2) is 0 Å². The first-order valence-electron chi connectivity index (χ1n) is 8.90. The van der Waals surface area contributed by atoms with Gasteiger partial charge in [0.1, 0.15) is 17.1 Å². The van der Waals surface area contributed by atoms with Crippen molar-refractivity contribution in [1.82, 2.24) is 0 Å². The highest BCUT2D eigenvalue weighted by molar-refractivity contribution is 5.85. The Kier molecular flexibility index (Phi) is 4.22. The van der Waals surface area contributed by atoms with Gasteiger partial charge in [0, 0.05) is 11.1 Å². The molecule has 3 rings (SSSR count). The summed E-state index contributed by atoms with van der Waals surface area (Å²) in [5.74, 6) is 0.755. The highest BCUT2D eigenvalue weighted by Gasteiger charge is 2.29. The van der Waals surface area contributed by atoms with Crippen molar-refractivity contribution in [3.63, 3.8) is 0 Å². The zero-order valence-electron chi connectivity index (χ0n) is 16.3. The minimum atomic E-state index is -0.382. The fraction of sp³-hybridized carbons (Fsp3) is 0.348. The number of benzene rings is 2. The Bertz CT molecular complexity index is 1010. The maximum Gasteiger partial charge on any atom is 0.197 e. The van der Waals surface area contributed by atoms with Crippen molar-refractivity contribution in [2.75, 3.05) is 0 Å². The van der Waals surface area contributed by atoms with Gasteiger partial charge in [-0.1, -0.05) is 53.7 Å². The summed E-state index contributed by atoms with van der Waals surface area (Å²) in [5, 5.41) is 10.3. The predicted molar refractivity (Wildman–Crippen MR) is 107 cm³/mol. The minimum absolute atomic E-state index is 0.0207. The summed E-state index contributed by atoms with van der Waals surface area (Å²) >= 11 is 0. The molecule has 0 radical (unpaired) electrons. The third-order valence-electron chi connectivity index (χ3n) is 4.61. The van der Waals surface area contributed by atoms with Gasteiger partial charge in [-0.3, -0.25) is 4.79 Å². The first-order valence-corrected chi connectivity index (χ1v) is 8.90. The number of aromatic hydroxyl groups is 1. The van der Waals surface area contributed by atoms with E-state index in [0.717, 1.165) is 11.1 Å². The van der Waals surface area contributed by atoms with Crippen LogP contribution >= 0.6 is 0 Å². The SMILES string of the molecule is CC(C)(C)c1c(-c2ccc(O)cc2)oc2cccc(C(C)(C)C)c2c1=O. The van der Waals surface area contributed by atoms with Gasteiger partial charge in [0.25, 0.3) is 0 Å². The molecular formula is C23H26O3. The number of phenolic OH excluding ortho intramolecular Hbond substituents is 1. The average molecular weight is 350 g/mol. The zero-order valence-corrected chi connectivity index (χ0v) is 16.3. The molecule has 0 spiro atoms. The second kappa shape index (κ2) is 6.01. The van der Waals surface area contributed by atoms with Crippen LogP contribution in [0.15, 0.2) is 51.7 Å². The van der Waals surface area contributed by atoms with Crippen molar-refractivity contribution in [3.05, 3.63) is 63.8 Å². The van der Waals surface area contributed by atoms with Crippen LogP contribution in [-0.4, -0.2) is 5.11 Å². The number of fused-ring (bicyclic) bond motifs is 1. The van der Waals surface area contributed by atoms with Gasteiger partial charge in [-0.05, 0) is 46.7 Å². The fourth-order valence-electron chi connectivity index (χ4n) is 3.36. The van der Waals surface area contributed by atoms with E-state index in [4.69, 9.17) is 4.42 Å². The van der Waals surface area contributed by atoms with Gasteiger partial charge in [0.2, 0.25) is 0 Å². The van der Waals surface area contributed by atoms with E-state index in [0.29, 0.717) is 22.3 Å². The molecule has 3 aromatic rings. The summed E-state index contributed by atoms with van der Waals surface area (Å²) in [6.45, 7) is 12.4. The predicted octanol–water partition coefficient (Wildman–Crippen LogP) is 5.76. The van der Waals surface area contributed by atoms with Crippen molar-refractivity contribution in [3.8, 4) is 17.1 Å². The van der Waals surface area contributed by atoms with Crippen LogP contribution in [0, 0.1) is 0 Å². The lowest BCUT2D eigenvalue weighted by Crippen LogP contribution is -2.26. The second-order valence-corrected chi connectivity index (χ2v) is 8.86. The van der Waals surface area contributed by atoms with Gasteiger partial charge in [0.05, 0.1) is 5.39 Å². The topological polar surface area (TPSA) is 50.4 Å². The van der Waals surface area contributed by atoms with Crippen LogP contribution in [0.5, 0.6) is 5.75 Å². The van der Waals surface area contributed by atoms with Crippen molar-refractivity contribution < 1.29 is 9.52 Å². The molecule has 0 aliphatic rings. The largest absolute Gasteiger partial charge is 0.508 e. The Morgan fingerprint density at radius 3 is 2.00 bits per heavy atom. The standard InChI is InChI=1S/C23H26O3/c1-22(2,3)16-8-7-9-17-18(16)20(25)19(23(4,5)6)21(26-17)14-10-12-15(24)13-11-14/h7-13,24H,1-6H3. The third-order valence-corrected chi connectivity index (χ3v) is 4.61. The molecule has 136 valence electrons. The molecule has 0 aliphatic heterocycles. The lowest BCUT2D eigenvalue weighted by Gasteiger charge is -2.25. The smallest absolute Gasteiger partial charge is 0.197 e. The molecule has 0 saturated carbocycles. The van der Waals surface area contributed by atoms with E-state index >= 15 is 0 Å². The lowest BCUT2D eigenvalue weighted by atomic mass is 9.80. The summed E-state index contributed by atoms with van der Waals surface area (Å²) in [4.78, 5) is 13.6. The van der Waals surface area contributed by atoms with Crippen molar-refractivity contribution >= 4 is 11.0 Å². The summed E-state index contributed by atoms with van der Waals surface area (Å²) in [7, 11) is 0. The summed E-state index contributed by atoms with van der Waals surface area (Å²) in [6, 6.07) is 12.6. The van der Waals surface area contributed by atoms with E-state index in [1.807, 2.05) is 39.0 Å². The van der Waals surface area contributed by atoms with Crippen LogP contribution in [0.2, 0.25) is 0 Å². The Hall–Kier alpha value is -2.55. The second-order valence-electron chi connectivity index (χ2n) is 8.86. The molecule has 3 nitrogen and oxygen atoms in total. The molecule has 26 heavy (non-hydrogen) atoms. The summed E-state index contributed by atoms with van der Waals surface area (Å²) < 4.78 is 6.28. The highest BCUT2D eigenvalue weighted by Crippen LogP contribution is 2.36. The van der Waals surface area contributed by atoms with Crippen LogP contribution in [-0.2, 0) is 10.8 Å². The van der Waals surface area contributed by atoms with Crippen LogP contribution < -0.4 is 5.43 Å². The van der Waals surface area contributed by atoms with Crippen molar-refractivity contribution in [2.24, 2.45) is 0 Å². The Balaban J connectivity index is 2.48. The van der Waals surface area contributed by atoms with E-state index in [-0.39, 0.29) is 22.0 Å². The molecule has 0 bridgehead atoms. The van der Waals surface area contributed by atoms with Gasteiger partial charge >= 0.3 is 0 Å². The normalized spacial score (nSPS) is 12.5. The molecule has 0 saturated heterocycles. The van der Waals surface area contributed by atoms with Gasteiger partial charge < -0.3 is 9.52 Å². The lowest BCUT2D eigenvalue weighted by molar-refractivity contribution is 0.475. The molecule has 1 N–H and O–H groups in total. The van der Waals surface area contributed by atoms with E-state index in [1.165, 1.54) is 0 Å². The van der Waals surface area contributed by atoms with E-state index < -0.39 is 0 Å². The molecule has 0 aliphatic carbocycles. The fourth-order valence-corrected chi connectivity index (χ4v) is 3.36. The Morgan fingerprint density at radius 1 is 0.846 bits per heavy atom. The van der Waals surface area contributed by atoms with Crippen molar-refractivity contribution in [1.29, 1.82) is 0 Å². The molecule has 3 heteroatoms. The molecular weight excluding hydrogens is 324 g/mol. The molecule has 0 fully saturated rings. The van der Waals surface area contributed by atoms with Gasteiger partial charge in [-0.15, -0.1) is 0 Å². The third kappa shape index (κ3) is 3.14. The first kappa shape index (κ1) is 18.2. The van der Waals surface area contributed by atoms with E-state index in [2.05, 4.69) is 20.8 Å². The average Bonchev–Trinajstić information content (AvgIpc) is 2.52. The minimum Gasteiger partial charge on any atom is -0.508 e. The highest BCUT2D eigenvalue weighted by atomic mass is 16.3. The molecule has 0 unspecified atom stereocenters. The van der Waals surface area contributed by atoms with Crippen LogP contribution in [0.25, 0.3) is 22.3 Å². The van der Waals surface area contributed by atoms with E-state index in [1.54, 1.807) is 24.3 Å². The summed E-state index contributed by atoms with van der Waals surface area (Å²) in [6.07, 6.45) is 0. The summed E-state index contributed by atoms with van der Waals surface area (Å²) in [5.41, 5.74) is 2.51. The molecule has 2 aromatic carbocycles.